The maximum atomic E-state index is 11.2. The van der Waals surface area contributed by atoms with Crippen molar-refractivity contribution in [2.45, 2.75) is 6.92 Å². The number of carbonyl (C=O) groups is 1. The van der Waals surface area contributed by atoms with Gasteiger partial charge in [-0.2, -0.15) is 0 Å². The first-order chi connectivity index (χ1) is 6.19. The van der Waals surface area contributed by atoms with Crippen LogP contribution in [0.5, 0.6) is 5.88 Å². The molecular formula is C10H11NO2. The molecule has 0 unspecified atom stereocenters. The highest BCUT2D eigenvalue weighted by atomic mass is 16.5. The van der Waals surface area contributed by atoms with Crippen molar-refractivity contribution in [1.82, 2.24) is 4.98 Å². The standard InChI is InChI=1S/C10H11NO2/c1-4-9(12)8-5-7(2)10(13-3)11-6-8/h4-6H,1H2,2-3H3. The number of nitrogens with zero attached hydrogens (tertiary/aromatic N) is 1. The van der Waals surface area contributed by atoms with Gasteiger partial charge in [-0.3, -0.25) is 4.79 Å². The van der Waals surface area contributed by atoms with Crippen molar-refractivity contribution in [1.29, 1.82) is 0 Å². The monoisotopic (exact) mass is 177 g/mol. The van der Waals surface area contributed by atoms with Crippen LogP contribution in [0.3, 0.4) is 0 Å². The number of rotatable bonds is 3. The van der Waals surface area contributed by atoms with Gasteiger partial charge in [0.15, 0.2) is 5.78 Å². The van der Waals surface area contributed by atoms with E-state index in [0.717, 1.165) is 5.56 Å². The van der Waals surface area contributed by atoms with Crippen LogP contribution in [0.1, 0.15) is 15.9 Å². The van der Waals surface area contributed by atoms with Crippen LogP contribution in [-0.2, 0) is 0 Å². The first-order valence-electron chi connectivity index (χ1n) is 3.86. The summed E-state index contributed by atoms with van der Waals surface area (Å²) >= 11 is 0. The molecular weight excluding hydrogens is 166 g/mol. The molecule has 0 N–H and O–H groups in total. The molecule has 0 spiro atoms. The highest BCUT2D eigenvalue weighted by molar-refractivity contribution is 6.04. The fourth-order valence-corrected chi connectivity index (χ4v) is 1.03. The maximum Gasteiger partial charge on any atom is 0.215 e. The number of pyridine rings is 1. The Morgan fingerprint density at radius 3 is 2.85 bits per heavy atom. The second-order valence-corrected chi connectivity index (χ2v) is 2.62. The van der Waals surface area contributed by atoms with Crippen LogP contribution in [0, 0.1) is 6.92 Å². The largest absolute Gasteiger partial charge is 0.481 e. The maximum absolute atomic E-state index is 11.2. The molecule has 0 saturated carbocycles. The molecule has 0 bridgehead atoms. The quantitative estimate of drug-likeness (QED) is 0.521. The summed E-state index contributed by atoms with van der Waals surface area (Å²) in [6.45, 7) is 5.24. The van der Waals surface area contributed by atoms with Gasteiger partial charge in [-0.15, -0.1) is 0 Å². The van der Waals surface area contributed by atoms with E-state index in [1.807, 2.05) is 6.92 Å². The fourth-order valence-electron chi connectivity index (χ4n) is 1.03. The highest BCUT2D eigenvalue weighted by Crippen LogP contribution is 2.14. The van der Waals surface area contributed by atoms with Gasteiger partial charge in [0.25, 0.3) is 0 Å². The van der Waals surface area contributed by atoms with Gasteiger partial charge in [-0.05, 0) is 19.1 Å². The van der Waals surface area contributed by atoms with E-state index >= 15 is 0 Å². The zero-order valence-corrected chi connectivity index (χ0v) is 7.70. The molecule has 3 heteroatoms. The lowest BCUT2D eigenvalue weighted by molar-refractivity contribution is 0.104. The number of ketones is 1. The zero-order valence-electron chi connectivity index (χ0n) is 7.70. The van der Waals surface area contributed by atoms with E-state index in [1.165, 1.54) is 12.3 Å². The molecule has 1 heterocycles. The molecule has 0 amide bonds. The van der Waals surface area contributed by atoms with Crippen LogP contribution in [-0.4, -0.2) is 17.9 Å². The van der Waals surface area contributed by atoms with Crippen molar-refractivity contribution in [3.05, 3.63) is 36.0 Å². The normalized spacial score (nSPS) is 9.38. The Kier molecular flexibility index (Phi) is 2.80. The Hall–Kier alpha value is -1.64. The second kappa shape index (κ2) is 3.85. The molecule has 0 radical (unpaired) electrons. The lowest BCUT2D eigenvalue weighted by Gasteiger charge is -2.03. The Labute approximate surface area is 77.1 Å². The molecule has 0 aliphatic rings. The van der Waals surface area contributed by atoms with Crippen molar-refractivity contribution in [2.75, 3.05) is 7.11 Å². The van der Waals surface area contributed by atoms with Gasteiger partial charge in [0, 0.05) is 17.3 Å². The number of carbonyl (C=O) groups excluding carboxylic acids is 1. The summed E-state index contributed by atoms with van der Waals surface area (Å²) in [7, 11) is 1.55. The fraction of sp³-hybridized carbons (Fsp3) is 0.200. The highest BCUT2D eigenvalue weighted by Gasteiger charge is 2.05. The summed E-state index contributed by atoms with van der Waals surface area (Å²) in [6.07, 6.45) is 2.75. The van der Waals surface area contributed by atoms with Crippen molar-refractivity contribution < 1.29 is 9.53 Å². The van der Waals surface area contributed by atoms with Gasteiger partial charge in [-0.25, -0.2) is 4.98 Å². The minimum atomic E-state index is -0.127. The molecule has 0 aliphatic carbocycles. The van der Waals surface area contributed by atoms with Crippen LogP contribution in [0.25, 0.3) is 0 Å². The molecule has 1 aromatic rings. The first-order valence-corrected chi connectivity index (χ1v) is 3.86. The van der Waals surface area contributed by atoms with Crippen molar-refractivity contribution >= 4 is 5.78 Å². The van der Waals surface area contributed by atoms with E-state index in [4.69, 9.17) is 4.74 Å². The summed E-state index contributed by atoms with van der Waals surface area (Å²) in [4.78, 5) is 15.1. The van der Waals surface area contributed by atoms with Crippen molar-refractivity contribution in [3.8, 4) is 5.88 Å². The average molecular weight is 177 g/mol. The number of hydrogen-bond donors (Lipinski definition) is 0. The third kappa shape index (κ3) is 1.93. The lowest BCUT2D eigenvalue weighted by Crippen LogP contribution is -1.98. The van der Waals surface area contributed by atoms with Crippen LogP contribution < -0.4 is 4.74 Å². The summed E-state index contributed by atoms with van der Waals surface area (Å²) in [5.41, 5.74) is 1.38. The zero-order chi connectivity index (χ0) is 9.84. The smallest absolute Gasteiger partial charge is 0.215 e. The summed E-state index contributed by atoms with van der Waals surface area (Å²) in [6, 6.07) is 1.73. The average Bonchev–Trinajstić information content (AvgIpc) is 2.16. The Morgan fingerprint density at radius 2 is 2.38 bits per heavy atom. The minimum absolute atomic E-state index is 0.127. The molecule has 68 valence electrons. The van der Waals surface area contributed by atoms with Gasteiger partial charge >= 0.3 is 0 Å². The molecule has 1 aromatic heterocycles. The van der Waals surface area contributed by atoms with Crippen LogP contribution in [0.4, 0.5) is 0 Å². The number of aromatic nitrogens is 1. The molecule has 0 atom stereocenters. The topological polar surface area (TPSA) is 39.2 Å². The Balaban J connectivity index is 3.09. The van der Waals surface area contributed by atoms with Crippen molar-refractivity contribution in [3.63, 3.8) is 0 Å². The third-order valence-corrected chi connectivity index (χ3v) is 1.69. The number of hydrogen-bond acceptors (Lipinski definition) is 3. The second-order valence-electron chi connectivity index (χ2n) is 2.62. The molecule has 0 aromatic carbocycles. The summed E-state index contributed by atoms with van der Waals surface area (Å²) in [5, 5.41) is 0. The number of methoxy groups -OCH3 is 1. The molecule has 1 rings (SSSR count). The predicted octanol–water partition coefficient (Wildman–Crippen LogP) is 1.77. The molecule has 3 nitrogen and oxygen atoms in total. The molecule has 0 saturated heterocycles. The van der Waals surface area contributed by atoms with Gasteiger partial charge in [0.2, 0.25) is 5.88 Å². The van der Waals surface area contributed by atoms with E-state index in [2.05, 4.69) is 11.6 Å². The lowest BCUT2D eigenvalue weighted by atomic mass is 10.1. The minimum Gasteiger partial charge on any atom is -0.481 e. The molecule has 0 fully saturated rings. The predicted molar refractivity (Wildman–Crippen MR) is 50.1 cm³/mol. The number of ether oxygens (including phenoxy) is 1. The summed E-state index contributed by atoms with van der Waals surface area (Å²) in [5.74, 6) is 0.416. The van der Waals surface area contributed by atoms with Crippen LogP contribution >= 0.6 is 0 Å². The Bertz CT molecular complexity index is 345. The van der Waals surface area contributed by atoms with Crippen LogP contribution in [0.15, 0.2) is 24.9 Å². The van der Waals surface area contributed by atoms with E-state index in [0.29, 0.717) is 11.4 Å². The van der Waals surface area contributed by atoms with E-state index < -0.39 is 0 Å². The Morgan fingerprint density at radius 1 is 1.69 bits per heavy atom. The number of aryl methyl sites for hydroxylation is 1. The first kappa shape index (κ1) is 9.45. The summed E-state index contributed by atoms with van der Waals surface area (Å²) < 4.78 is 4.97. The van der Waals surface area contributed by atoms with Gasteiger partial charge in [0.1, 0.15) is 0 Å². The third-order valence-electron chi connectivity index (χ3n) is 1.69. The van der Waals surface area contributed by atoms with E-state index in [1.54, 1.807) is 13.2 Å². The SMILES string of the molecule is C=CC(=O)c1cnc(OC)c(C)c1. The van der Waals surface area contributed by atoms with E-state index in [9.17, 15) is 4.79 Å². The van der Waals surface area contributed by atoms with Crippen LogP contribution in [0.2, 0.25) is 0 Å². The van der Waals surface area contributed by atoms with Gasteiger partial charge < -0.3 is 4.74 Å². The van der Waals surface area contributed by atoms with Gasteiger partial charge in [-0.1, -0.05) is 6.58 Å². The van der Waals surface area contributed by atoms with Crippen molar-refractivity contribution in [2.24, 2.45) is 0 Å². The molecule has 13 heavy (non-hydrogen) atoms. The van der Waals surface area contributed by atoms with Gasteiger partial charge in [0.05, 0.1) is 7.11 Å². The van der Waals surface area contributed by atoms with E-state index in [-0.39, 0.29) is 5.78 Å². The molecule has 0 aliphatic heterocycles. The number of allylic oxidation sites excluding steroid dienone is 1.